The van der Waals surface area contributed by atoms with Gasteiger partial charge in [0.2, 0.25) is 0 Å². The summed E-state index contributed by atoms with van der Waals surface area (Å²) in [6.45, 7) is 3.31. The molecule has 9 heteroatoms. The first-order valence-electron chi connectivity index (χ1n) is 5.93. The van der Waals surface area contributed by atoms with Crippen LogP contribution < -0.4 is 0 Å². The fourth-order valence-corrected chi connectivity index (χ4v) is 3.04. The van der Waals surface area contributed by atoms with E-state index in [1.807, 2.05) is 6.92 Å². The molecule has 0 N–H and O–H groups in total. The molecule has 0 radical (unpaired) electrons. The first-order chi connectivity index (χ1) is 8.95. The minimum atomic E-state index is -3.94. The van der Waals surface area contributed by atoms with E-state index in [4.69, 9.17) is 20.2 Å². The largest absolute Gasteiger partial charge is 0.383 e. The molecule has 1 saturated heterocycles. The molecule has 1 aromatic rings. The van der Waals surface area contributed by atoms with Crippen molar-refractivity contribution >= 4 is 19.7 Å². The van der Waals surface area contributed by atoms with Gasteiger partial charge < -0.3 is 9.47 Å². The number of hydrogen-bond acceptors (Lipinski definition) is 6. The smallest absolute Gasteiger partial charge is 0.296 e. The second-order valence-electron chi connectivity index (χ2n) is 4.48. The summed E-state index contributed by atoms with van der Waals surface area (Å²) >= 11 is 0. The van der Waals surface area contributed by atoms with Gasteiger partial charge in [-0.3, -0.25) is 4.57 Å². The number of halogens is 1. The van der Waals surface area contributed by atoms with Crippen LogP contribution in [0.3, 0.4) is 0 Å². The molecule has 108 valence electrons. The second-order valence-corrected chi connectivity index (χ2v) is 6.94. The lowest BCUT2D eigenvalue weighted by Gasteiger charge is -2.15. The van der Waals surface area contributed by atoms with Gasteiger partial charge in [-0.25, -0.2) is 8.42 Å². The van der Waals surface area contributed by atoms with Crippen LogP contribution in [0.25, 0.3) is 0 Å². The molecule has 0 bridgehead atoms. The summed E-state index contributed by atoms with van der Waals surface area (Å²) < 4.78 is 35.0. The van der Waals surface area contributed by atoms with E-state index in [0.29, 0.717) is 25.6 Å². The molecule has 1 aromatic heterocycles. The Morgan fingerprint density at radius 3 is 2.79 bits per heavy atom. The molecule has 1 aliphatic heterocycles. The molecule has 2 heterocycles. The number of hydrogen-bond donors (Lipinski definition) is 0. The topological polar surface area (TPSA) is 83.3 Å². The van der Waals surface area contributed by atoms with Crippen molar-refractivity contribution in [2.24, 2.45) is 5.92 Å². The highest BCUT2D eigenvalue weighted by Crippen LogP contribution is 2.34. The molecule has 7 nitrogen and oxygen atoms in total. The van der Waals surface area contributed by atoms with Crippen LogP contribution in [0.1, 0.15) is 25.3 Å². The molecule has 1 fully saturated rings. The first-order valence-corrected chi connectivity index (χ1v) is 8.24. The minimum Gasteiger partial charge on any atom is -0.383 e. The van der Waals surface area contributed by atoms with Crippen LogP contribution >= 0.6 is 10.7 Å². The lowest BCUT2D eigenvalue weighted by atomic mass is 10.0. The van der Waals surface area contributed by atoms with Crippen molar-refractivity contribution in [2.45, 2.75) is 31.1 Å². The summed E-state index contributed by atoms with van der Waals surface area (Å²) in [5.74, 6) is 0.748. The molecule has 19 heavy (non-hydrogen) atoms. The Bertz CT molecular complexity index is 545. The van der Waals surface area contributed by atoms with E-state index >= 15 is 0 Å². The third-order valence-corrected chi connectivity index (χ3v) is 4.28. The van der Waals surface area contributed by atoms with Crippen molar-refractivity contribution < 1.29 is 17.9 Å². The maximum Gasteiger partial charge on any atom is 0.296 e. The van der Waals surface area contributed by atoms with E-state index in [1.165, 1.54) is 11.7 Å². The van der Waals surface area contributed by atoms with Gasteiger partial charge in [-0.1, -0.05) is 6.92 Å². The Kier molecular flexibility index (Phi) is 4.44. The summed E-state index contributed by atoms with van der Waals surface area (Å²) in [6, 6.07) is 0. The predicted octanol–water partition coefficient (Wildman–Crippen LogP) is 0.950. The lowest BCUT2D eigenvalue weighted by Crippen LogP contribution is -2.17. The Morgan fingerprint density at radius 1 is 1.53 bits per heavy atom. The third kappa shape index (κ3) is 3.07. The second kappa shape index (κ2) is 5.74. The average molecular weight is 310 g/mol. The highest BCUT2D eigenvalue weighted by molar-refractivity contribution is 8.13. The average Bonchev–Trinajstić information content (AvgIpc) is 2.90. The van der Waals surface area contributed by atoms with Gasteiger partial charge in [0.1, 0.15) is 6.10 Å². The van der Waals surface area contributed by atoms with Crippen LogP contribution in [-0.2, 0) is 25.1 Å². The minimum absolute atomic E-state index is 0.253. The van der Waals surface area contributed by atoms with Gasteiger partial charge in [0, 0.05) is 24.4 Å². The summed E-state index contributed by atoms with van der Waals surface area (Å²) in [4.78, 5) is 0. The molecular weight excluding hydrogens is 294 g/mol. The summed E-state index contributed by atoms with van der Waals surface area (Å²) in [5.41, 5.74) is 0. The van der Waals surface area contributed by atoms with Gasteiger partial charge in [0.05, 0.1) is 13.2 Å². The molecule has 2 unspecified atom stereocenters. The highest BCUT2D eigenvalue weighted by Gasteiger charge is 2.33. The Hall–Kier alpha value is -0.700. The molecule has 2 atom stereocenters. The van der Waals surface area contributed by atoms with E-state index in [9.17, 15) is 8.42 Å². The van der Waals surface area contributed by atoms with E-state index < -0.39 is 9.05 Å². The fourth-order valence-electron chi connectivity index (χ4n) is 2.11. The van der Waals surface area contributed by atoms with Crippen molar-refractivity contribution in [1.29, 1.82) is 0 Å². The molecule has 0 saturated carbocycles. The van der Waals surface area contributed by atoms with Crippen LogP contribution in [0.15, 0.2) is 5.16 Å². The molecule has 2 rings (SSSR count). The van der Waals surface area contributed by atoms with Gasteiger partial charge in [0.25, 0.3) is 14.2 Å². The zero-order valence-corrected chi connectivity index (χ0v) is 12.3. The molecule has 0 aromatic carbocycles. The third-order valence-electron chi connectivity index (χ3n) is 3.12. The van der Waals surface area contributed by atoms with Crippen LogP contribution in [0.4, 0.5) is 0 Å². The van der Waals surface area contributed by atoms with Gasteiger partial charge in [-0.15, -0.1) is 10.2 Å². The molecule has 0 spiro atoms. The summed E-state index contributed by atoms with van der Waals surface area (Å²) in [6.07, 6.45) is 0.654. The van der Waals surface area contributed by atoms with Gasteiger partial charge in [0.15, 0.2) is 5.82 Å². The summed E-state index contributed by atoms with van der Waals surface area (Å²) in [5, 5.41) is 7.35. The normalized spacial score (nSPS) is 23.9. The molecular formula is C10H16ClN3O4S. The van der Waals surface area contributed by atoms with Crippen LogP contribution in [0, 0.1) is 5.92 Å². The summed E-state index contributed by atoms with van der Waals surface area (Å²) in [7, 11) is 2.96. The van der Waals surface area contributed by atoms with Crippen molar-refractivity contribution in [1.82, 2.24) is 14.8 Å². The van der Waals surface area contributed by atoms with Crippen molar-refractivity contribution in [2.75, 3.05) is 20.3 Å². The number of methoxy groups -OCH3 is 1. The SMILES string of the molecule is COCCn1c(C2OCCC2C)nnc1S(=O)(=O)Cl. The zero-order chi connectivity index (χ0) is 14.0. The van der Waals surface area contributed by atoms with Crippen molar-refractivity contribution in [3.63, 3.8) is 0 Å². The number of nitrogens with zero attached hydrogens (tertiary/aromatic N) is 3. The van der Waals surface area contributed by atoms with Crippen molar-refractivity contribution in [3.05, 3.63) is 5.82 Å². The van der Waals surface area contributed by atoms with Crippen LogP contribution in [0.5, 0.6) is 0 Å². The fraction of sp³-hybridized carbons (Fsp3) is 0.800. The standard InChI is InChI=1S/C10H16ClN3O4S/c1-7-3-5-18-8(7)9-12-13-10(19(11,15)16)14(9)4-6-17-2/h7-8H,3-6H2,1-2H3. The van der Waals surface area contributed by atoms with Crippen molar-refractivity contribution in [3.8, 4) is 0 Å². The van der Waals surface area contributed by atoms with E-state index in [0.717, 1.165) is 6.42 Å². The van der Waals surface area contributed by atoms with Crippen LogP contribution in [0.2, 0.25) is 0 Å². The quantitative estimate of drug-likeness (QED) is 0.753. The van der Waals surface area contributed by atoms with Gasteiger partial charge >= 0.3 is 0 Å². The lowest BCUT2D eigenvalue weighted by molar-refractivity contribution is 0.0814. The highest BCUT2D eigenvalue weighted by atomic mass is 35.7. The zero-order valence-electron chi connectivity index (χ0n) is 10.7. The predicted molar refractivity (Wildman–Crippen MR) is 67.4 cm³/mol. The van der Waals surface area contributed by atoms with Gasteiger partial charge in [-0.05, 0) is 12.3 Å². The molecule has 0 amide bonds. The number of aromatic nitrogens is 3. The monoisotopic (exact) mass is 309 g/mol. The van der Waals surface area contributed by atoms with E-state index in [2.05, 4.69) is 10.2 Å². The first kappa shape index (κ1) is 14.7. The molecule has 0 aliphatic carbocycles. The van der Waals surface area contributed by atoms with E-state index in [1.54, 1.807) is 0 Å². The Labute approximate surface area is 116 Å². The maximum absolute atomic E-state index is 11.5. The Balaban J connectivity index is 2.40. The number of ether oxygens (including phenoxy) is 2. The van der Waals surface area contributed by atoms with Gasteiger partial charge in [-0.2, -0.15) is 0 Å². The Morgan fingerprint density at radius 2 is 2.26 bits per heavy atom. The number of rotatable bonds is 5. The maximum atomic E-state index is 11.5. The van der Waals surface area contributed by atoms with Crippen LogP contribution in [-0.4, -0.2) is 43.5 Å². The molecule has 1 aliphatic rings. The van der Waals surface area contributed by atoms with E-state index in [-0.39, 0.29) is 17.2 Å².